The number of aliphatic carboxylic acids is 1. The number of carboxylic acids is 1. The van der Waals surface area contributed by atoms with Crippen LogP contribution in [0.1, 0.15) is 55.3 Å². The maximum Gasteiger partial charge on any atom is 0.311 e. The van der Waals surface area contributed by atoms with E-state index in [1.54, 1.807) is 11.0 Å². The highest BCUT2D eigenvalue weighted by Crippen LogP contribution is 2.42. The molecule has 1 aromatic rings. The van der Waals surface area contributed by atoms with Crippen LogP contribution in [-0.2, 0) is 9.53 Å². The number of carboxylic acid groups (broad SMARTS) is 1. The highest BCUT2D eigenvalue weighted by atomic mass is 16.5. The molecule has 0 saturated carbocycles. The monoisotopic (exact) mass is 336 g/mol. The predicted octanol–water partition coefficient (Wildman–Crippen LogP) is 2.14. The van der Waals surface area contributed by atoms with Gasteiger partial charge < -0.3 is 19.3 Å². The van der Waals surface area contributed by atoms with E-state index in [1.807, 2.05) is 0 Å². The Balaban J connectivity index is 1.78. The van der Waals surface area contributed by atoms with Crippen molar-refractivity contribution in [3.05, 3.63) is 17.5 Å². The van der Waals surface area contributed by atoms with Crippen molar-refractivity contribution in [3.8, 4) is 0 Å². The van der Waals surface area contributed by atoms with Crippen molar-refractivity contribution >= 4 is 11.9 Å². The summed E-state index contributed by atoms with van der Waals surface area (Å²) in [7, 11) is 0. The maximum absolute atomic E-state index is 12.7. The first kappa shape index (κ1) is 17.0. The molecule has 0 aliphatic carbocycles. The summed E-state index contributed by atoms with van der Waals surface area (Å²) in [6, 6.07) is 1.70. The molecule has 24 heavy (non-hydrogen) atoms. The molecule has 0 unspecified atom stereocenters. The SMILES string of the molecule is CCC(CC)c1cc(C(=O)N2C[C@H]3COCC[C@@]3(C(=O)O)C2)on1. The number of aromatic nitrogens is 1. The molecule has 7 heteroatoms. The van der Waals surface area contributed by atoms with Gasteiger partial charge in [0.1, 0.15) is 0 Å². The van der Waals surface area contributed by atoms with Crippen molar-refractivity contribution in [2.45, 2.75) is 39.0 Å². The number of likely N-dealkylation sites (tertiary alicyclic amines) is 1. The van der Waals surface area contributed by atoms with Gasteiger partial charge in [0.15, 0.2) is 0 Å². The second-order valence-electron chi connectivity index (χ2n) is 6.80. The van der Waals surface area contributed by atoms with Crippen LogP contribution in [0.15, 0.2) is 10.6 Å². The zero-order valence-corrected chi connectivity index (χ0v) is 14.2. The smallest absolute Gasteiger partial charge is 0.311 e. The number of hydrogen-bond donors (Lipinski definition) is 1. The van der Waals surface area contributed by atoms with Gasteiger partial charge >= 0.3 is 5.97 Å². The average Bonchev–Trinajstić information content (AvgIpc) is 3.21. The second-order valence-corrected chi connectivity index (χ2v) is 6.80. The molecule has 1 amide bonds. The lowest BCUT2D eigenvalue weighted by Crippen LogP contribution is -2.45. The number of nitrogens with zero attached hydrogens (tertiary/aromatic N) is 2. The molecule has 2 aliphatic rings. The van der Waals surface area contributed by atoms with Gasteiger partial charge in [-0.05, 0) is 19.3 Å². The van der Waals surface area contributed by atoms with Crippen LogP contribution in [0.4, 0.5) is 0 Å². The molecule has 1 aromatic heterocycles. The van der Waals surface area contributed by atoms with Gasteiger partial charge in [0.2, 0.25) is 5.76 Å². The van der Waals surface area contributed by atoms with E-state index in [2.05, 4.69) is 19.0 Å². The molecule has 0 bridgehead atoms. The number of ether oxygens (including phenoxy) is 1. The summed E-state index contributed by atoms with van der Waals surface area (Å²) in [5.41, 5.74) is -0.109. The van der Waals surface area contributed by atoms with E-state index in [0.717, 1.165) is 18.5 Å². The molecular formula is C17H24N2O5. The lowest BCUT2D eigenvalue weighted by molar-refractivity contribution is -0.157. The van der Waals surface area contributed by atoms with Gasteiger partial charge in [-0.25, -0.2) is 0 Å². The van der Waals surface area contributed by atoms with Crippen LogP contribution in [-0.4, -0.2) is 53.3 Å². The Bertz CT molecular complexity index is 624. The zero-order valence-electron chi connectivity index (χ0n) is 14.2. The Morgan fingerprint density at radius 1 is 1.46 bits per heavy atom. The minimum atomic E-state index is -0.897. The van der Waals surface area contributed by atoms with Gasteiger partial charge in [0, 0.05) is 37.6 Å². The molecule has 132 valence electrons. The molecule has 2 saturated heterocycles. The van der Waals surface area contributed by atoms with Crippen LogP contribution in [0.3, 0.4) is 0 Å². The van der Waals surface area contributed by atoms with Crippen molar-refractivity contribution in [2.24, 2.45) is 11.3 Å². The number of carbonyl (C=O) groups excluding carboxylic acids is 1. The number of carbonyl (C=O) groups is 2. The van der Waals surface area contributed by atoms with Crippen LogP contribution >= 0.6 is 0 Å². The largest absolute Gasteiger partial charge is 0.481 e. The fraction of sp³-hybridized carbons (Fsp3) is 0.706. The lowest BCUT2D eigenvalue weighted by Gasteiger charge is -2.33. The van der Waals surface area contributed by atoms with E-state index in [-0.39, 0.29) is 30.0 Å². The molecular weight excluding hydrogens is 312 g/mol. The maximum atomic E-state index is 12.7. The minimum absolute atomic E-state index is 0.172. The summed E-state index contributed by atoms with van der Waals surface area (Å²) in [6.45, 7) is 5.54. The molecule has 3 rings (SSSR count). The lowest BCUT2D eigenvalue weighted by atomic mass is 9.74. The van der Waals surface area contributed by atoms with Crippen molar-refractivity contribution in [1.29, 1.82) is 0 Å². The molecule has 3 heterocycles. The van der Waals surface area contributed by atoms with Crippen LogP contribution in [0.25, 0.3) is 0 Å². The molecule has 1 N–H and O–H groups in total. The topological polar surface area (TPSA) is 92.9 Å². The predicted molar refractivity (Wildman–Crippen MR) is 84.7 cm³/mol. The summed E-state index contributed by atoms with van der Waals surface area (Å²) in [5, 5.41) is 13.7. The molecule has 7 nitrogen and oxygen atoms in total. The third-order valence-corrected chi connectivity index (χ3v) is 5.56. The van der Waals surface area contributed by atoms with Gasteiger partial charge in [-0.2, -0.15) is 0 Å². The molecule has 2 fully saturated rings. The van der Waals surface area contributed by atoms with Crippen molar-refractivity contribution < 1.29 is 24.0 Å². The third kappa shape index (κ3) is 2.70. The van der Waals surface area contributed by atoms with Crippen LogP contribution in [0.5, 0.6) is 0 Å². The summed E-state index contributed by atoms with van der Waals surface area (Å²) < 4.78 is 10.7. The number of fused-ring (bicyclic) bond motifs is 1. The first-order valence-electron chi connectivity index (χ1n) is 8.58. The summed E-state index contributed by atoms with van der Waals surface area (Å²) in [6.07, 6.45) is 2.30. The summed E-state index contributed by atoms with van der Waals surface area (Å²) >= 11 is 0. The molecule has 0 aromatic carbocycles. The first-order chi connectivity index (χ1) is 11.5. The Labute approximate surface area is 140 Å². The quantitative estimate of drug-likeness (QED) is 0.885. The summed E-state index contributed by atoms with van der Waals surface area (Å²) in [4.78, 5) is 26.1. The molecule has 0 radical (unpaired) electrons. The van der Waals surface area contributed by atoms with E-state index in [0.29, 0.717) is 26.2 Å². The number of rotatable bonds is 5. The van der Waals surface area contributed by atoms with Crippen LogP contribution in [0, 0.1) is 11.3 Å². The normalized spacial score (nSPS) is 26.6. The minimum Gasteiger partial charge on any atom is -0.481 e. The average molecular weight is 336 g/mol. The second kappa shape index (κ2) is 6.55. The number of amides is 1. The van der Waals surface area contributed by atoms with Crippen LogP contribution < -0.4 is 0 Å². The number of hydrogen-bond acceptors (Lipinski definition) is 5. The van der Waals surface area contributed by atoms with Crippen molar-refractivity contribution in [3.63, 3.8) is 0 Å². The van der Waals surface area contributed by atoms with E-state index in [9.17, 15) is 14.7 Å². The zero-order chi connectivity index (χ0) is 17.3. The Kier molecular flexibility index (Phi) is 4.62. The Morgan fingerprint density at radius 2 is 2.21 bits per heavy atom. The van der Waals surface area contributed by atoms with Crippen LogP contribution in [0.2, 0.25) is 0 Å². The van der Waals surface area contributed by atoms with Gasteiger partial charge in [-0.1, -0.05) is 19.0 Å². The highest BCUT2D eigenvalue weighted by Gasteiger charge is 2.55. The van der Waals surface area contributed by atoms with E-state index < -0.39 is 11.4 Å². The molecule has 2 atom stereocenters. The summed E-state index contributed by atoms with van der Waals surface area (Å²) in [5.74, 6) is -0.836. The molecule has 0 spiro atoms. The third-order valence-electron chi connectivity index (χ3n) is 5.56. The molecule has 2 aliphatic heterocycles. The van der Waals surface area contributed by atoms with E-state index >= 15 is 0 Å². The standard InChI is InChI=1S/C17H24N2O5/c1-3-11(4-2)13-7-14(24-18-13)15(20)19-8-12-9-23-6-5-17(12,10-19)16(21)22/h7,11-12H,3-6,8-10H2,1-2H3,(H,21,22)/t12-,17+/m0/s1. The Morgan fingerprint density at radius 3 is 2.83 bits per heavy atom. The van der Waals surface area contributed by atoms with Gasteiger partial charge in [-0.3, -0.25) is 9.59 Å². The van der Waals surface area contributed by atoms with E-state index in [4.69, 9.17) is 9.26 Å². The van der Waals surface area contributed by atoms with Crippen molar-refractivity contribution in [1.82, 2.24) is 10.1 Å². The van der Waals surface area contributed by atoms with Gasteiger partial charge in [-0.15, -0.1) is 0 Å². The van der Waals surface area contributed by atoms with Gasteiger partial charge in [0.25, 0.3) is 5.91 Å². The fourth-order valence-corrected chi connectivity index (χ4v) is 3.90. The highest BCUT2D eigenvalue weighted by molar-refractivity contribution is 5.92. The van der Waals surface area contributed by atoms with E-state index in [1.165, 1.54) is 0 Å². The fourth-order valence-electron chi connectivity index (χ4n) is 3.90. The first-order valence-corrected chi connectivity index (χ1v) is 8.58. The Hall–Kier alpha value is -1.89. The van der Waals surface area contributed by atoms with Crippen molar-refractivity contribution in [2.75, 3.05) is 26.3 Å². The van der Waals surface area contributed by atoms with Gasteiger partial charge in [0.05, 0.1) is 17.7 Å².